The third-order valence-corrected chi connectivity index (χ3v) is 5.63. The second kappa shape index (κ2) is 6.72. The van der Waals surface area contributed by atoms with Crippen molar-refractivity contribution in [1.29, 1.82) is 0 Å². The van der Waals surface area contributed by atoms with E-state index in [1.165, 1.54) is 21.6 Å². The van der Waals surface area contributed by atoms with Crippen LogP contribution in [0.2, 0.25) is 0 Å². The fraction of sp³-hybridized carbons (Fsp3) is 0.286. The lowest BCUT2D eigenvalue weighted by Gasteiger charge is -2.10. The smallest absolute Gasteiger partial charge is 0.177 e. The Morgan fingerprint density at radius 2 is 2.00 bits per heavy atom. The molecule has 132 valence electrons. The molecule has 3 aromatic rings. The zero-order valence-electron chi connectivity index (χ0n) is 15.6. The second-order valence-electron chi connectivity index (χ2n) is 6.72. The Morgan fingerprint density at radius 3 is 2.73 bits per heavy atom. The van der Waals surface area contributed by atoms with Gasteiger partial charge in [0.05, 0.1) is 12.1 Å². The zero-order chi connectivity index (χ0) is 18.3. The summed E-state index contributed by atoms with van der Waals surface area (Å²) in [4.78, 5) is 15.1. The Hall–Kier alpha value is -2.40. The van der Waals surface area contributed by atoms with Gasteiger partial charge in [-0.3, -0.25) is 4.99 Å². The Balaban J connectivity index is 1.79. The molecule has 0 atom stereocenters. The maximum absolute atomic E-state index is 4.66. The molecule has 1 aliphatic heterocycles. The number of hydrogen-bond donors (Lipinski definition) is 0. The first-order chi connectivity index (χ1) is 12.6. The molecule has 4 nitrogen and oxygen atoms in total. The lowest BCUT2D eigenvalue weighted by Crippen LogP contribution is -2.03. The molecule has 1 aliphatic rings. The maximum atomic E-state index is 4.66. The van der Waals surface area contributed by atoms with Crippen LogP contribution < -0.4 is 0 Å². The van der Waals surface area contributed by atoms with E-state index in [0.29, 0.717) is 0 Å². The number of aromatic nitrogens is 3. The Kier molecular flexibility index (Phi) is 4.41. The molecule has 0 aliphatic carbocycles. The number of fused-ring (bicyclic) bond motifs is 1. The highest BCUT2D eigenvalue weighted by Gasteiger charge is 2.17. The predicted octanol–water partition coefficient (Wildman–Crippen LogP) is 4.76. The van der Waals surface area contributed by atoms with Gasteiger partial charge in [-0.2, -0.15) is 0 Å². The third-order valence-electron chi connectivity index (χ3n) is 4.90. The van der Waals surface area contributed by atoms with Gasteiger partial charge < -0.3 is 4.57 Å². The van der Waals surface area contributed by atoms with Crippen molar-refractivity contribution in [3.63, 3.8) is 0 Å². The van der Waals surface area contributed by atoms with E-state index in [9.17, 15) is 0 Å². The summed E-state index contributed by atoms with van der Waals surface area (Å²) in [5, 5.41) is 0. The second-order valence-corrected chi connectivity index (χ2v) is 7.60. The summed E-state index contributed by atoms with van der Waals surface area (Å²) < 4.78 is 2.25. The molecule has 0 saturated heterocycles. The minimum atomic E-state index is 0.791. The lowest BCUT2D eigenvalue weighted by molar-refractivity contribution is 0.784. The predicted molar refractivity (Wildman–Crippen MR) is 110 cm³/mol. The van der Waals surface area contributed by atoms with E-state index in [1.54, 1.807) is 11.8 Å². The van der Waals surface area contributed by atoms with Gasteiger partial charge in [0.1, 0.15) is 5.82 Å². The Morgan fingerprint density at radius 1 is 1.15 bits per heavy atom. The minimum absolute atomic E-state index is 0.791. The summed E-state index contributed by atoms with van der Waals surface area (Å²) in [5.41, 5.74) is 7.92. The van der Waals surface area contributed by atoms with Gasteiger partial charge in [-0.15, -0.1) is 11.8 Å². The number of pyridine rings is 1. The first-order valence-electron chi connectivity index (χ1n) is 8.74. The number of hydrogen-bond acceptors (Lipinski definition) is 4. The van der Waals surface area contributed by atoms with E-state index in [1.807, 2.05) is 13.1 Å². The molecule has 2 aromatic heterocycles. The largest absolute Gasteiger partial charge is 0.322 e. The molecule has 0 unspecified atom stereocenters. The molecule has 0 spiro atoms. The van der Waals surface area contributed by atoms with Crippen molar-refractivity contribution < 1.29 is 0 Å². The summed E-state index contributed by atoms with van der Waals surface area (Å²) >= 11 is 1.77. The van der Waals surface area contributed by atoms with Crippen LogP contribution in [0.15, 0.2) is 52.0 Å². The van der Waals surface area contributed by atoms with Gasteiger partial charge in [-0.1, -0.05) is 12.1 Å². The van der Waals surface area contributed by atoms with Gasteiger partial charge in [0.25, 0.3) is 0 Å². The van der Waals surface area contributed by atoms with Crippen LogP contribution in [0.4, 0.5) is 0 Å². The summed E-state index contributed by atoms with van der Waals surface area (Å²) in [6.45, 7) is 7.86. The summed E-state index contributed by atoms with van der Waals surface area (Å²) in [6, 6.07) is 10.9. The molecule has 3 heterocycles. The zero-order valence-corrected chi connectivity index (χ0v) is 16.4. The molecular weight excluding hydrogens is 340 g/mol. The van der Waals surface area contributed by atoms with Crippen LogP contribution in [0, 0.1) is 6.92 Å². The summed E-state index contributed by atoms with van der Waals surface area (Å²) in [7, 11) is 0. The standard InChI is InChI=1S/C21H22N4S/c1-13-10-22-14(2)20(13)17-9-19-21(23-11-17)24-15(3)25(19)12-16-6-5-7-18(8-16)26-4/h5-9,11H,10,12H2,1-4H3. The molecule has 26 heavy (non-hydrogen) atoms. The van der Waals surface area contributed by atoms with Crippen molar-refractivity contribution in [1.82, 2.24) is 14.5 Å². The molecular formula is C21H22N4S. The molecule has 0 bridgehead atoms. The van der Waals surface area contributed by atoms with Crippen molar-refractivity contribution in [2.75, 3.05) is 12.8 Å². The number of imidazole rings is 1. The topological polar surface area (TPSA) is 43.1 Å². The molecule has 5 heteroatoms. The van der Waals surface area contributed by atoms with E-state index < -0.39 is 0 Å². The number of aliphatic imine (C=N–C) groups is 1. The molecule has 0 radical (unpaired) electrons. The number of nitrogens with zero attached hydrogens (tertiary/aromatic N) is 4. The maximum Gasteiger partial charge on any atom is 0.177 e. The fourth-order valence-electron chi connectivity index (χ4n) is 3.57. The normalized spacial score (nSPS) is 14.4. The van der Waals surface area contributed by atoms with E-state index in [-0.39, 0.29) is 0 Å². The van der Waals surface area contributed by atoms with Gasteiger partial charge in [0, 0.05) is 34.5 Å². The molecule has 0 saturated carbocycles. The lowest BCUT2D eigenvalue weighted by atomic mass is 10.0. The van der Waals surface area contributed by atoms with E-state index >= 15 is 0 Å². The summed E-state index contributed by atoms with van der Waals surface area (Å²) in [5.74, 6) is 0.988. The van der Waals surface area contributed by atoms with E-state index in [0.717, 1.165) is 41.4 Å². The van der Waals surface area contributed by atoms with Gasteiger partial charge in [-0.25, -0.2) is 9.97 Å². The van der Waals surface area contributed by atoms with Crippen LogP contribution in [0.1, 0.15) is 30.8 Å². The van der Waals surface area contributed by atoms with Crippen LogP contribution in [0.25, 0.3) is 16.7 Å². The van der Waals surface area contributed by atoms with Gasteiger partial charge >= 0.3 is 0 Å². The first kappa shape index (κ1) is 17.0. The van der Waals surface area contributed by atoms with Crippen molar-refractivity contribution in [3.05, 3.63) is 59.1 Å². The number of allylic oxidation sites excluding steroid dienone is 1. The quantitative estimate of drug-likeness (QED) is 0.629. The van der Waals surface area contributed by atoms with Crippen LogP contribution in [-0.2, 0) is 6.54 Å². The average Bonchev–Trinajstić information content (AvgIpc) is 3.14. The van der Waals surface area contributed by atoms with Crippen LogP contribution >= 0.6 is 11.8 Å². The highest BCUT2D eigenvalue weighted by Crippen LogP contribution is 2.28. The van der Waals surface area contributed by atoms with Crippen molar-refractivity contribution >= 4 is 34.2 Å². The highest BCUT2D eigenvalue weighted by molar-refractivity contribution is 7.98. The molecule has 0 N–H and O–H groups in total. The Bertz CT molecular complexity index is 1060. The van der Waals surface area contributed by atoms with Crippen molar-refractivity contribution in [2.45, 2.75) is 32.2 Å². The van der Waals surface area contributed by atoms with E-state index in [2.05, 4.69) is 70.0 Å². The molecule has 4 rings (SSSR count). The fourth-order valence-corrected chi connectivity index (χ4v) is 4.05. The third kappa shape index (κ3) is 2.97. The van der Waals surface area contributed by atoms with Gasteiger partial charge in [0.2, 0.25) is 0 Å². The van der Waals surface area contributed by atoms with Crippen LogP contribution in [-0.4, -0.2) is 33.0 Å². The number of rotatable bonds is 4. The average molecular weight is 363 g/mol. The Labute approximate surface area is 158 Å². The number of thioether (sulfide) groups is 1. The van der Waals surface area contributed by atoms with Crippen molar-refractivity contribution in [2.24, 2.45) is 4.99 Å². The van der Waals surface area contributed by atoms with Crippen LogP contribution in [0.5, 0.6) is 0 Å². The molecule has 1 aromatic carbocycles. The van der Waals surface area contributed by atoms with Crippen molar-refractivity contribution in [3.8, 4) is 0 Å². The molecule has 0 amide bonds. The van der Waals surface area contributed by atoms with Crippen LogP contribution in [0.3, 0.4) is 0 Å². The summed E-state index contributed by atoms with van der Waals surface area (Å²) in [6.07, 6.45) is 4.03. The number of aryl methyl sites for hydroxylation is 1. The number of benzene rings is 1. The first-order valence-corrected chi connectivity index (χ1v) is 9.96. The molecule has 0 fully saturated rings. The monoisotopic (exact) mass is 362 g/mol. The van der Waals surface area contributed by atoms with E-state index in [4.69, 9.17) is 0 Å². The highest BCUT2D eigenvalue weighted by atomic mass is 32.2. The van der Waals surface area contributed by atoms with Gasteiger partial charge in [-0.05, 0) is 56.4 Å². The SMILES string of the molecule is CSc1cccc(Cn2c(C)nc3ncc(C4=C(C)CN=C4C)cc32)c1. The van der Waals surface area contributed by atoms with Gasteiger partial charge in [0.15, 0.2) is 5.65 Å². The minimum Gasteiger partial charge on any atom is -0.322 e.